The monoisotopic (exact) mass is 439 g/mol. The fourth-order valence-corrected chi connectivity index (χ4v) is 4.48. The molecule has 3 aromatic rings. The van der Waals surface area contributed by atoms with Crippen molar-refractivity contribution in [1.29, 1.82) is 0 Å². The molecule has 0 unspecified atom stereocenters. The number of rotatable bonds is 6. The Morgan fingerprint density at radius 1 is 0.968 bits per heavy atom. The third-order valence-electron chi connectivity index (χ3n) is 4.53. The molecule has 160 valence electrons. The number of nitrogens with one attached hydrogen (secondary N) is 1. The number of carbonyl (C=O) groups is 2. The molecule has 0 saturated carbocycles. The molecule has 0 radical (unpaired) electrons. The van der Waals surface area contributed by atoms with Gasteiger partial charge in [-0.2, -0.15) is 0 Å². The number of benzene rings is 3. The van der Waals surface area contributed by atoms with E-state index in [1.165, 1.54) is 38.3 Å². The molecule has 0 saturated heterocycles. The minimum atomic E-state index is -3.73. The number of methoxy groups -OCH3 is 1. The maximum Gasteiger partial charge on any atom is 0.341 e. The molecule has 0 fully saturated rings. The summed E-state index contributed by atoms with van der Waals surface area (Å²) < 4.78 is 30.5. The third kappa shape index (κ3) is 5.29. The highest BCUT2D eigenvalue weighted by Gasteiger charge is 2.19. The SMILES string of the molecule is COC(=O)c1ccc(CS(=O)(=O)c2cccc(-c3cccc(NC(C)=O)c3)c2)cc1O. The van der Waals surface area contributed by atoms with Crippen LogP contribution in [0.2, 0.25) is 0 Å². The Morgan fingerprint density at radius 3 is 2.29 bits per heavy atom. The minimum Gasteiger partial charge on any atom is -0.507 e. The van der Waals surface area contributed by atoms with Crippen LogP contribution >= 0.6 is 0 Å². The lowest BCUT2D eigenvalue weighted by molar-refractivity contribution is -0.114. The van der Waals surface area contributed by atoms with Gasteiger partial charge in [0.15, 0.2) is 9.84 Å². The molecular formula is C23H21NO6S. The number of esters is 1. The van der Waals surface area contributed by atoms with Crippen molar-refractivity contribution in [2.24, 2.45) is 0 Å². The van der Waals surface area contributed by atoms with Gasteiger partial charge < -0.3 is 15.2 Å². The molecule has 0 heterocycles. The highest BCUT2D eigenvalue weighted by molar-refractivity contribution is 7.90. The van der Waals surface area contributed by atoms with Crippen molar-refractivity contribution in [2.45, 2.75) is 17.6 Å². The van der Waals surface area contributed by atoms with Crippen LogP contribution in [0.3, 0.4) is 0 Å². The summed E-state index contributed by atoms with van der Waals surface area (Å²) >= 11 is 0. The Kier molecular flexibility index (Phi) is 6.41. The summed E-state index contributed by atoms with van der Waals surface area (Å²) in [7, 11) is -2.53. The van der Waals surface area contributed by atoms with Crippen molar-refractivity contribution in [2.75, 3.05) is 12.4 Å². The van der Waals surface area contributed by atoms with E-state index in [9.17, 15) is 23.1 Å². The molecule has 31 heavy (non-hydrogen) atoms. The van der Waals surface area contributed by atoms with Crippen LogP contribution in [-0.4, -0.2) is 32.5 Å². The van der Waals surface area contributed by atoms with E-state index in [-0.39, 0.29) is 27.9 Å². The molecule has 1 amide bonds. The summed E-state index contributed by atoms with van der Waals surface area (Å²) in [4.78, 5) is 23.0. The van der Waals surface area contributed by atoms with Crippen LogP contribution in [-0.2, 0) is 25.1 Å². The number of phenols is 1. The first-order chi connectivity index (χ1) is 14.7. The average Bonchev–Trinajstić information content (AvgIpc) is 2.73. The Hall–Kier alpha value is -3.65. The molecule has 3 aromatic carbocycles. The van der Waals surface area contributed by atoms with Crippen molar-refractivity contribution in [3.63, 3.8) is 0 Å². The van der Waals surface area contributed by atoms with Gasteiger partial charge in [-0.3, -0.25) is 4.79 Å². The van der Waals surface area contributed by atoms with Crippen molar-refractivity contribution >= 4 is 27.4 Å². The molecule has 8 heteroatoms. The number of sulfone groups is 1. The minimum absolute atomic E-state index is 0.0373. The van der Waals surface area contributed by atoms with Gasteiger partial charge in [0, 0.05) is 12.6 Å². The van der Waals surface area contributed by atoms with Gasteiger partial charge in [0.05, 0.1) is 17.8 Å². The van der Waals surface area contributed by atoms with Crippen molar-refractivity contribution < 1.29 is 27.9 Å². The van der Waals surface area contributed by atoms with Gasteiger partial charge in [0.1, 0.15) is 11.3 Å². The van der Waals surface area contributed by atoms with E-state index < -0.39 is 15.8 Å². The maximum absolute atomic E-state index is 13.0. The van der Waals surface area contributed by atoms with E-state index in [4.69, 9.17) is 0 Å². The highest BCUT2D eigenvalue weighted by atomic mass is 32.2. The normalized spacial score (nSPS) is 11.0. The maximum atomic E-state index is 13.0. The number of amides is 1. The number of aromatic hydroxyl groups is 1. The first kappa shape index (κ1) is 22.0. The lowest BCUT2D eigenvalue weighted by atomic mass is 10.1. The van der Waals surface area contributed by atoms with Crippen LogP contribution < -0.4 is 5.32 Å². The Balaban J connectivity index is 1.89. The Bertz CT molecular complexity index is 1250. The number of hydrogen-bond donors (Lipinski definition) is 2. The lowest BCUT2D eigenvalue weighted by Gasteiger charge is -2.10. The van der Waals surface area contributed by atoms with Crippen LogP contribution in [0.1, 0.15) is 22.8 Å². The average molecular weight is 439 g/mol. The summed E-state index contributed by atoms with van der Waals surface area (Å²) in [6.45, 7) is 1.41. The third-order valence-corrected chi connectivity index (χ3v) is 6.22. The van der Waals surface area contributed by atoms with Gasteiger partial charge in [0.2, 0.25) is 5.91 Å². The van der Waals surface area contributed by atoms with Crippen LogP contribution in [0.15, 0.2) is 71.6 Å². The van der Waals surface area contributed by atoms with E-state index in [1.807, 2.05) is 6.07 Å². The number of phenolic OH excluding ortho intramolecular Hbond substituents is 1. The van der Waals surface area contributed by atoms with E-state index in [2.05, 4.69) is 10.1 Å². The summed E-state index contributed by atoms with van der Waals surface area (Å²) in [5.74, 6) is -1.60. The zero-order valence-corrected chi connectivity index (χ0v) is 17.8. The molecule has 0 spiro atoms. The number of anilines is 1. The fraction of sp³-hybridized carbons (Fsp3) is 0.130. The number of ether oxygens (including phenoxy) is 1. The summed E-state index contributed by atoms with van der Waals surface area (Å²) in [5, 5.41) is 12.7. The van der Waals surface area contributed by atoms with E-state index in [0.29, 0.717) is 16.8 Å². The second kappa shape index (κ2) is 9.01. The van der Waals surface area contributed by atoms with E-state index in [1.54, 1.807) is 36.4 Å². The van der Waals surface area contributed by atoms with Gasteiger partial charge in [0.25, 0.3) is 0 Å². The van der Waals surface area contributed by atoms with Gasteiger partial charge in [-0.05, 0) is 53.1 Å². The van der Waals surface area contributed by atoms with Crippen LogP contribution in [0.5, 0.6) is 5.75 Å². The second-order valence-corrected chi connectivity index (χ2v) is 8.88. The van der Waals surface area contributed by atoms with Crippen LogP contribution in [0.25, 0.3) is 11.1 Å². The van der Waals surface area contributed by atoms with E-state index in [0.717, 1.165) is 5.56 Å². The first-order valence-corrected chi connectivity index (χ1v) is 11.0. The van der Waals surface area contributed by atoms with Crippen LogP contribution in [0, 0.1) is 0 Å². The molecule has 3 rings (SSSR count). The summed E-state index contributed by atoms with van der Waals surface area (Å²) in [6.07, 6.45) is 0. The van der Waals surface area contributed by atoms with Crippen molar-refractivity contribution in [1.82, 2.24) is 0 Å². The predicted molar refractivity (Wildman–Crippen MR) is 117 cm³/mol. The number of hydrogen-bond acceptors (Lipinski definition) is 6. The van der Waals surface area contributed by atoms with Crippen molar-refractivity contribution in [3.05, 3.63) is 77.9 Å². The number of carbonyl (C=O) groups excluding carboxylic acids is 2. The molecule has 0 atom stereocenters. The lowest BCUT2D eigenvalue weighted by Crippen LogP contribution is -2.07. The van der Waals surface area contributed by atoms with Crippen molar-refractivity contribution in [3.8, 4) is 16.9 Å². The largest absolute Gasteiger partial charge is 0.507 e. The zero-order chi connectivity index (χ0) is 22.6. The quantitative estimate of drug-likeness (QED) is 0.566. The first-order valence-electron chi connectivity index (χ1n) is 9.30. The molecule has 0 aliphatic carbocycles. The topological polar surface area (TPSA) is 110 Å². The second-order valence-electron chi connectivity index (χ2n) is 6.89. The zero-order valence-electron chi connectivity index (χ0n) is 17.0. The molecule has 0 aromatic heterocycles. The molecule has 0 aliphatic heterocycles. The molecule has 7 nitrogen and oxygen atoms in total. The summed E-state index contributed by atoms with van der Waals surface area (Å²) in [6, 6.07) is 17.6. The molecular weight excluding hydrogens is 418 g/mol. The molecule has 0 aliphatic rings. The van der Waals surface area contributed by atoms with E-state index >= 15 is 0 Å². The smallest absolute Gasteiger partial charge is 0.341 e. The Morgan fingerprint density at radius 2 is 1.65 bits per heavy atom. The fourth-order valence-electron chi connectivity index (χ4n) is 3.10. The van der Waals surface area contributed by atoms with Gasteiger partial charge in [-0.25, -0.2) is 13.2 Å². The highest BCUT2D eigenvalue weighted by Crippen LogP contribution is 2.28. The van der Waals surface area contributed by atoms with Crippen LogP contribution in [0.4, 0.5) is 5.69 Å². The predicted octanol–water partition coefficient (Wildman–Crippen LogP) is 3.78. The standard InChI is InChI=1S/C23H21NO6S/c1-15(25)24-19-7-3-5-17(12-19)18-6-4-8-20(13-18)31(28,29)14-16-9-10-21(22(26)11-16)23(27)30-2/h3-13,26H,14H2,1-2H3,(H,24,25). The van der Waals surface area contributed by atoms with Gasteiger partial charge >= 0.3 is 5.97 Å². The summed E-state index contributed by atoms with van der Waals surface area (Å²) in [5.41, 5.74) is 2.34. The molecule has 0 bridgehead atoms. The van der Waals surface area contributed by atoms with Gasteiger partial charge in [-0.15, -0.1) is 0 Å². The molecule has 2 N–H and O–H groups in total. The Labute approximate surface area is 180 Å². The van der Waals surface area contributed by atoms with Gasteiger partial charge in [-0.1, -0.05) is 30.3 Å².